The molecule has 1 aliphatic heterocycles. The molecule has 0 amide bonds. The summed E-state index contributed by atoms with van der Waals surface area (Å²) < 4.78 is 24.9. The quantitative estimate of drug-likeness (QED) is 0.654. The van der Waals surface area contributed by atoms with Crippen molar-refractivity contribution in [2.24, 2.45) is 0 Å². The second-order valence-electron chi connectivity index (χ2n) is 4.97. The van der Waals surface area contributed by atoms with Gasteiger partial charge in [0.2, 0.25) is 0 Å². The van der Waals surface area contributed by atoms with Gasteiger partial charge in [0.15, 0.2) is 11.1 Å². The number of rotatable bonds is 4. The number of ether oxygens (including phenoxy) is 1. The number of carbonyl (C=O) groups excluding carboxylic acids is 1. The molecule has 1 aliphatic rings. The molecule has 2 N–H and O–H groups in total. The lowest BCUT2D eigenvalue weighted by Crippen LogP contribution is -2.36. The van der Waals surface area contributed by atoms with Crippen molar-refractivity contribution in [2.75, 3.05) is 6.54 Å². The Bertz CT molecular complexity index is 488. The molecule has 6 heteroatoms. The van der Waals surface area contributed by atoms with Gasteiger partial charge in [0.05, 0.1) is 5.75 Å². The first-order chi connectivity index (χ1) is 9.54. The van der Waals surface area contributed by atoms with Gasteiger partial charge in [-0.3, -0.25) is 4.79 Å². The van der Waals surface area contributed by atoms with Crippen molar-refractivity contribution in [2.45, 2.75) is 37.7 Å². The molecular formula is C14H19NO4S. The Kier molecular flexibility index (Phi) is 5.28. The van der Waals surface area contributed by atoms with Gasteiger partial charge in [0.1, 0.15) is 6.10 Å². The smallest absolute Gasteiger partial charge is 0.302 e. The average molecular weight is 297 g/mol. The third-order valence-corrected chi connectivity index (χ3v) is 3.94. The van der Waals surface area contributed by atoms with E-state index in [2.05, 4.69) is 5.32 Å². The first-order valence-corrected chi connectivity index (χ1v) is 7.89. The third-order valence-electron chi connectivity index (χ3n) is 3.36. The van der Waals surface area contributed by atoms with Gasteiger partial charge in [-0.2, -0.15) is 0 Å². The van der Waals surface area contributed by atoms with Crippen LogP contribution >= 0.6 is 0 Å². The summed E-state index contributed by atoms with van der Waals surface area (Å²) in [4.78, 5) is 11.0. The second kappa shape index (κ2) is 6.97. The van der Waals surface area contributed by atoms with Gasteiger partial charge in [-0.05, 0) is 24.1 Å². The molecule has 3 atom stereocenters. The maximum Gasteiger partial charge on any atom is 0.302 e. The highest BCUT2D eigenvalue weighted by atomic mass is 32.2. The summed E-state index contributed by atoms with van der Waals surface area (Å²) in [5, 5.41) is 3.40. The number of benzene rings is 1. The lowest BCUT2D eigenvalue weighted by atomic mass is 9.95. The molecule has 0 saturated carbocycles. The van der Waals surface area contributed by atoms with Gasteiger partial charge < -0.3 is 14.6 Å². The van der Waals surface area contributed by atoms with Crippen molar-refractivity contribution >= 4 is 17.0 Å². The van der Waals surface area contributed by atoms with E-state index >= 15 is 0 Å². The van der Waals surface area contributed by atoms with Crippen LogP contribution in [0.4, 0.5) is 0 Å². The lowest BCUT2D eigenvalue weighted by molar-refractivity contribution is -0.147. The summed E-state index contributed by atoms with van der Waals surface area (Å²) in [6.45, 7) is 2.24. The van der Waals surface area contributed by atoms with Crippen molar-refractivity contribution in [3.05, 3.63) is 35.4 Å². The van der Waals surface area contributed by atoms with Crippen LogP contribution in [0.2, 0.25) is 0 Å². The van der Waals surface area contributed by atoms with Crippen LogP contribution in [-0.2, 0) is 26.4 Å². The van der Waals surface area contributed by atoms with Gasteiger partial charge >= 0.3 is 5.97 Å². The lowest BCUT2D eigenvalue weighted by Gasteiger charge is -2.30. The summed E-state index contributed by atoms with van der Waals surface area (Å²) in [5.41, 5.74) is 1.94. The summed E-state index contributed by atoms with van der Waals surface area (Å²) in [7, 11) is 0. The molecule has 1 aromatic rings. The van der Waals surface area contributed by atoms with Crippen molar-refractivity contribution in [3.8, 4) is 0 Å². The predicted octanol–water partition coefficient (Wildman–Crippen LogP) is 1.76. The largest absolute Gasteiger partial charge is 0.462 e. The summed E-state index contributed by atoms with van der Waals surface area (Å²) >= 11 is -1.81. The molecule has 1 fully saturated rings. The molecule has 0 radical (unpaired) electrons. The van der Waals surface area contributed by atoms with E-state index in [0.717, 1.165) is 30.5 Å². The Morgan fingerprint density at radius 1 is 1.45 bits per heavy atom. The summed E-state index contributed by atoms with van der Waals surface area (Å²) in [6, 6.07) is 7.79. The molecule has 3 unspecified atom stereocenters. The minimum absolute atomic E-state index is 0.0385. The minimum Gasteiger partial charge on any atom is -0.462 e. The van der Waals surface area contributed by atoms with Gasteiger partial charge in [0, 0.05) is 19.4 Å². The number of hydrogen-bond acceptors (Lipinski definition) is 4. The fourth-order valence-electron chi connectivity index (χ4n) is 2.47. The van der Waals surface area contributed by atoms with Gasteiger partial charge in [-0.1, -0.05) is 24.3 Å². The van der Waals surface area contributed by atoms with E-state index in [1.165, 1.54) is 6.92 Å². The van der Waals surface area contributed by atoms with Crippen LogP contribution in [0, 0.1) is 0 Å². The fraction of sp³-hybridized carbons (Fsp3) is 0.500. The highest BCUT2D eigenvalue weighted by Crippen LogP contribution is 2.25. The van der Waals surface area contributed by atoms with Crippen molar-refractivity contribution in [1.82, 2.24) is 5.32 Å². The normalized spacial score (nSPS) is 24.1. The third kappa shape index (κ3) is 4.40. The zero-order valence-electron chi connectivity index (χ0n) is 11.4. The number of piperidine rings is 1. The van der Waals surface area contributed by atoms with Gasteiger partial charge in [-0.25, -0.2) is 4.21 Å². The number of nitrogens with one attached hydrogen (secondary N) is 1. The highest BCUT2D eigenvalue weighted by molar-refractivity contribution is 7.78. The highest BCUT2D eigenvalue weighted by Gasteiger charge is 2.24. The molecule has 5 nitrogen and oxygen atoms in total. The predicted molar refractivity (Wildman–Crippen MR) is 76.4 cm³/mol. The van der Waals surface area contributed by atoms with E-state index in [1.54, 1.807) is 0 Å². The maximum absolute atomic E-state index is 11.0. The van der Waals surface area contributed by atoms with Crippen LogP contribution in [0.15, 0.2) is 24.3 Å². The van der Waals surface area contributed by atoms with Crippen LogP contribution in [0.3, 0.4) is 0 Å². The van der Waals surface area contributed by atoms with E-state index < -0.39 is 11.1 Å². The molecular weight excluding hydrogens is 278 g/mol. The monoisotopic (exact) mass is 297 g/mol. The van der Waals surface area contributed by atoms with Crippen LogP contribution < -0.4 is 5.32 Å². The fourth-order valence-corrected chi connectivity index (χ4v) is 2.94. The summed E-state index contributed by atoms with van der Waals surface area (Å²) in [5.74, 6) is -0.0922. The first-order valence-electron chi connectivity index (χ1n) is 6.61. The van der Waals surface area contributed by atoms with Gasteiger partial charge in [0.25, 0.3) is 0 Å². The van der Waals surface area contributed by atoms with Crippen molar-refractivity contribution in [1.29, 1.82) is 0 Å². The number of carbonyl (C=O) groups is 1. The molecule has 0 aromatic heterocycles. The van der Waals surface area contributed by atoms with E-state index in [0.29, 0.717) is 0 Å². The molecule has 110 valence electrons. The topological polar surface area (TPSA) is 75.6 Å². The Morgan fingerprint density at radius 2 is 2.15 bits per heavy atom. The van der Waals surface area contributed by atoms with E-state index in [4.69, 9.17) is 9.29 Å². The van der Waals surface area contributed by atoms with Gasteiger partial charge in [-0.15, -0.1) is 0 Å². The van der Waals surface area contributed by atoms with E-state index in [9.17, 15) is 9.00 Å². The SMILES string of the molecule is CC(=O)OC1CCNC(c2ccc(CS(=O)O)cc2)C1. The summed E-state index contributed by atoms with van der Waals surface area (Å²) in [6.07, 6.45) is 1.55. The molecule has 2 rings (SSSR count). The average Bonchev–Trinajstić information content (AvgIpc) is 2.38. The zero-order valence-corrected chi connectivity index (χ0v) is 12.2. The zero-order chi connectivity index (χ0) is 14.5. The van der Waals surface area contributed by atoms with Crippen molar-refractivity contribution < 1.29 is 18.3 Å². The molecule has 1 heterocycles. The van der Waals surface area contributed by atoms with E-state index in [-0.39, 0.29) is 23.9 Å². The Labute approximate surface area is 121 Å². The van der Waals surface area contributed by atoms with Crippen LogP contribution in [-0.4, -0.2) is 27.4 Å². The van der Waals surface area contributed by atoms with Crippen LogP contribution in [0.25, 0.3) is 0 Å². The standard InChI is InChI=1S/C14H19NO4S/c1-10(16)19-13-6-7-15-14(8-13)12-4-2-11(3-5-12)9-20(17)18/h2-5,13-15H,6-9H2,1H3,(H,17,18). The molecule has 0 aliphatic carbocycles. The van der Waals surface area contributed by atoms with Crippen LogP contribution in [0.1, 0.15) is 36.9 Å². The Morgan fingerprint density at radius 3 is 2.75 bits per heavy atom. The Hall–Kier alpha value is -1.24. The molecule has 1 aromatic carbocycles. The first kappa shape index (κ1) is 15.2. The Balaban J connectivity index is 1.99. The second-order valence-corrected chi connectivity index (χ2v) is 5.90. The van der Waals surface area contributed by atoms with Crippen LogP contribution in [0.5, 0.6) is 0 Å². The van der Waals surface area contributed by atoms with Crippen molar-refractivity contribution in [3.63, 3.8) is 0 Å². The molecule has 20 heavy (non-hydrogen) atoms. The molecule has 0 bridgehead atoms. The molecule has 0 spiro atoms. The molecule has 1 saturated heterocycles. The number of esters is 1. The number of hydrogen-bond donors (Lipinski definition) is 2. The minimum atomic E-state index is -1.81. The van der Waals surface area contributed by atoms with E-state index in [1.807, 2.05) is 24.3 Å². The maximum atomic E-state index is 11.0.